The minimum absolute atomic E-state index is 0.780. The van der Waals surface area contributed by atoms with E-state index in [1.807, 2.05) is 13.0 Å². The topological polar surface area (TPSA) is 35.0 Å². The van der Waals surface area contributed by atoms with Crippen LogP contribution in [0.15, 0.2) is 16.0 Å². The molecule has 1 aromatic carbocycles. The molecule has 0 saturated heterocycles. The second-order valence-corrected chi connectivity index (χ2v) is 5.70. The molecule has 3 nitrogen and oxygen atoms in total. The lowest BCUT2D eigenvalue weighted by Gasteiger charge is -2.11. The molecule has 1 heterocycles. The standard InChI is InChI=1S/C11H11BrN2OS/c1-6-4-5-8(9(15-3)7(6)2)10-13-14-11(12)16-10/h4-5H,1-3H3. The zero-order valence-electron chi connectivity index (χ0n) is 9.24. The summed E-state index contributed by atoms with van der Waals surface area (Å²) < 4.78 is 6.22. The molecule has 0 atom stereocenters. The van der Waals surface area contributed by atoms with Crippen molar-refractivity contribution in [3.8, 4) is 16.3 Å². The number of aromatic nitrogens is 2. The molecule has 0 aliphatic carbocycles. The zero-order chi connectivity index (χ0) is 11.7. The molecule has 16 heavy (non-hydrogen) atoms. The van der Waals surface area contributed by atoms with Gasteiger partial charge in [-0.3, -0.25) is 0 Å². The van der Waals surface area contributed by atoms with E-state index < -0.39 is 0 Å². The number of ether oxygens (including phenoxy) is 1. The predicted molar refractivity (Wildman–Crippen MR) is 69.1 cm³/mol. The molecule has 5 heteroatoms. The van der Waals surface area contributed by atoms with Crippen LogP contribution in [0.25, 0.3) is 10.6 Å². The molecule has 2 rings (SSSR count). The molecule has 0 N–H and O–H groups in total. The van der Waals surface area contributed by atoms with E-state index >= 15 is 0 Å². The van der Waals surface area contributed by atoms with E-state index in [0.29, 0.717) is 0 Å². The van der Waals surface area contributed by atoms with Gasteiger partial charge in [-0.15, -0.1) is 10.2 Å². The highest BCUT2D eigenvalue weighted by molar-refractivity contribution is 9.11. The number of hydrogen-bond acceptors (Lipinski definition) is 4. The van der Waals surface area contributed by atoms with Gasteiger partial charge in [0.05, 0.1) is 12.7 Å². The Bertz CT molecular complexity index is 525. The van der Waals surface area contributed by atoms with Gasteiger partial charge in [-0.1, -0.05) is 17.4 Å². The summed E-state index contributed by atoms with van der Waals surface area (Å²) in [6.45, 7) is 4.12. The number of aryl methyl sites for hydroxylation is 1. The van der Waals surface area contributed by atoms with E-state index in [1.165, 1.54) is 16.9 Å². The summed E-state index contributed by atoms with van der Waals surface area (Å²) in [4.78, 5) is 0. The third kappa shape index (κ3) is 1.97. The smallest absolute Gasteiger partial charge is 0.183 e. The van der Waals surface area contributed by atoms with Crippen molar-refractivity contribution in [2.75, 3.05) is 7.11 Å². The van der Waals surface area contributed by atoms with E-state index in [1.54, 1.807) is 7.11 Å². The normalized spacial score (nSPS) is 10.5. The van der Waals surface area contributed by atoms with Gasteiger partial charge in [0.25, 0.3) is 0 Å². The summed E-state index contributed by atoms with van der Waals surface area (Å²) in [5.74, 6) is 0.878. The van der Waals surface area contributed by atoms with E-state index in [4.69, 9.17) is 4.74 Å². The van der Waals surface area contributed by atoms with Gasteiger partial charge in [0.1, 0.15) is 5.75 Å². The highest BCUT2D eigenvalue weighted by Crippen LogP contribution is 2.36. The fourth-order valence-corrected chi connectivity index (χ4v) is 2.67. The molecule has 0 amide bonds. The van der Waals surface area contributed by atoms with Crippen molar-refractivity contribution >= 4 is 27.3 Å². The van der Waals surface area contributed by atoms with Crippen molar-refractivity contribution in [2.45, 2.75) is 13.8 Å². The van der Waals surface area contributed by atoms with Gasteiger partial charge in [0, 0.05) is 0 Å². The average molecular weight is 299 g/mol. The Morgan fingerprint density at radius 3 is 2.56 bits per heavy atom. The van der Waals surface area contributed by atoms with E-state index in [9.17, 15) is 0 Å². The molecule has 0 aliphatic rings. The molecule has 0 aliphatic heterocycles. The van der Waals surface area contributed by atoms with Crippen molar-refractivity contribution in [1.82, 2.24) is 10.2 Å². The molecule has 0 spiro atoms. The highest BCUT2D eigenvalue weighted by atomic mass is 79.9. The van der Waals surface area contributed by atoms with Gasteiger partial charge < -0.3 is 4.74 Å². The van der Waals surface area contributed by atoms with Gasteiger partial charge in [-0.2, -0.15) is 0 Å². The van der Waals surface area contributed by atoms with Crippen LogP contribution in [0.2, 0.25) is 0 Å². The quantitative estimate of drug-likeness (QED) is 0.850. The minimum Gasteiger partial charge on any atom is -0.496 e. The lowest BCUT2D eigenvalue weighted by molar-refractivity contribution is 0.413. The first-order valence-corrected chi connectivity index (χ1v) is 6.38. The molecule has 0 radical (unpaired) electrons. The lowest BCUT2D eigenvalue weighted by Crippen LogP contribution is -1.93. The summed E-state index contributed by atoms with van der Waals surface area (Å²) in [7, 11) is 1.68. The van der Waals surface area contributed by atoms with Gasteiger partial charge >= 0.3 is 0 Å². The summed E-state index contributed by atoms with van der Waals surface area (Å²) in [5.41, 5.74) is 3.35. The first-order chi connectivity index (χ1) is 7.63. The Labute approximate surface area is 107 Å². The minimum atomic E-state index is 0.780. The van der Waals surface area contributed by atoms with Crippen molar-refractivity contribution in [1.29, 1.82) is 0 Å². The van der Waals surface area contributed by atoms with Crippen molar-refractivity contribution in [3.63, 3.8) is 0 Å². The maximum atomic E-state index is 5.44. The number of nitrogens with zero attached hydrogens (tertiary/aromatic N) is 2. The van der Waals surface area contributed by atoms with Gasteiger partial charge in [-0.05, 0) is 47.0 Å². The van der Waals surface area contributed by atoms with Crippen LogP contribution >= 0.6 is 27.3 Å². The molecule has 0 saturated carbocycles. The Morgan fingerprint density at radius 2 is 2.00 bits per heavy atom. The van der Waals surface area contributed by atoms with Crippen LogP contribution in [-0.4, -0.2) is 17.3 Å². The zero-order valence-corrected chi connectivity index (χ0v) is 11.6. The van der Waals surface area contributed by atoms with Crippen molar-refractivity contribution < 1.29 is 4.74 Å². The molecule has 0 unspecified atom stereocenters. The average Bonchev–Trinajstić information content (AvgIpc) is 2.68. The SMILES string of the molecule is COc1c(-c2nnc(Br)s2)ccc(C)c1C. The largest absolute Gasteiger partial charge is 0.496 e. The lowest BCUT2D eigenvalue weighted by atomic mass is 10.0. The van der Waals surface area contributed by atoms with Gasteiger partial charge in [0.2, 0.25) is 0 Å². The summed E-state index contributed by atoms with van der Waals surface area (Å²) in [6.07, 6.45) is 0. The number of hydrogen-bond donors (Lipinski definition) is 0. The Morgan fingerprint density at radius 1 is 1.25 bits per heavy atom. The first kappa shape index (κ1) is 11.5. The number of halogens is 1. The van der Waals surface area contributed by atoms with Crippen LogP contribution in [0.3, 0.4) is 0 Å². The van der Waals surface area contributed by atoms with E-state index in [0.717, 1.165) is 25.8 Å². The van der Waals surface area contributed by atoms with E-state index in [2.05, 4.69) is 39.1 Å². The second kappa shape index (κ2) is 4.51. The number of methoxy groups -OCH3 is 1. The summed E-state index contributed by atoms with van der Waals surface area (Å²) >= 11 is 4.81. The van der Waals surface area contributed by atoms with E-state index in [-0.39, 0.29) is 0 Å². The molecular formula is C11H11BrN2OS. The van der Waals surface area contributed by atoms with Crippen LogP contribution < -0.4 is 4.74 Å². The fourth-order valence-electron chi connectivity index (χ4n) is 1.54. The maximum absolute atomic E-state index is 5.44. The molecular weight excluding hydrogens is 288 g/mol. The van der Waals surface area contributed by atoms with Gasteiger partial charge in [0.15, 0.2) is 8.92 Å². The number of rotatable bonds is 2. The molecule has 0 bridgehead atoms. The maximum Gasteiger partial charge on any atom is 0.183 e. The molecule has 2 aromatic rings. The summed E-state index contributed by atoms with van der Waals surface area (Å²) in [6, 6.07) is 4.09. The summed E-state index contributed by atoms with van der Waals surface area (Å²) in [5, 5.41) is 8.92. The third-order valence-corrected chi connectivity index (χ3v) is 3.90. The number of benzene rings is 1. The van der Waals surface area contributed by atoms with Crippen molar-refractivity contribution in [2.24, 2.45) is 0 Å². The van der Waals surface area contributed by atoms with Crippen LogP contribution in [0.4, 0.5) is 0 Å². The molecule has 1 aromatic heterocycles. The molecule has 84 valence electrons. The van der Waals surface area contributed by atoms with Crippen LogP contribution in [0.5, 0.6) is 5.75 Å². The highest BCUT2D eigenvalue weighted by Gasteiger charge is 2.13. The fraction of sp³-hybridized carbons (Fsp3) is 0.273. The van der Waals surface area contributed by atoms with Gasteiger partial charge in [-0.25, -0.2) is 0 Å². The second-order valence-electron chi connectivity index (χ2n) is 3.45. The Hall–Kier alpha value is -0.940. The Kier molecular flexibility index (Phi) is 3.25. The third-order valence-electron chi connectivity index (χ3n) is 2.51. The molecule has 0 fully saturated rings. The first-order valence-electron chi connectivity index (χ1n) is 4.77. The van der Waals surface area contributed by atoms with Crippen LogP contribution in [-0.2, 0) is 0 Å². The van der Waals surface area contributed by atoms with Crippen LogP contribution in [0.1, 0.15) is 11.1 Å². The monoisotopic (exact) mass is 298 g/mol. The van der Waals surface area contributed by atoms with Crippen LogP contribution in [0, 0.1) is 13.8 Å². The predicted octanol–water partition coefficient (Wildman–Crippen LogP) is 3.59. The Balaban J connectivity index is 2.61. The van der Waals surface area contributed by atoms with Crippen molar-refractivity contribution in [3.05, 3.63) is 27.2 Å².